The van der Waals surface area contributed by atoms with E-state index in [1.165, 1.54) is 5.56 Å². The average molecular weight is 258 g/mol. The third kappa shape index (κ3) is 3.31. The van der Waals surface area contributed by atoms with Gasteiger partial charge in [-0.05, 0) is 29.8 Å². The Kier molecular flexibility index (Phi) is 4.34. The fourth-order valence-corrected chi connectivity index (χ4v) is 2.40. The molecule has 0 saturated carbocycles. The molecule has 0 saturated heterocycles. The van der Waals surface area contributed by atoms with Crippen LogP contribution in [0.25, 0.3) is 0 Å². The predicted molar refractivity (Wildman–Crippen MR) is 86.1 cm³/mol. The van der Waals surface area contributed by atoms with Gasteiger partial charge in [-0.25, -0.2) is 0 Å². The van der Waals surface area contributed by atoms with Crippen molar-refractivity contribution < 1.29 is 0 Å². The maximum atomic E-state index is 4.32. The summed E-state index contributed by atoms with van der Waals surface area (Å²) in [5.74, 6) is 0. The number of benzene rings is 1. The third-order valence-electron chi connectivity index (χ3n) is 3.33. The largest absolute Gasteiger partial charge is 0.292 e. The van der Waals surface area contributed by atoms with Crippen molar-refractivity contribution in [3.63, 3.8) is 0 Å². The number of nitrogens with zero attached hydrogens (tertiary/aromatic N) is 2. The van der Waals surface area contributed by atoms with Gasteiger partial charge in [-0.3, -0.25) is 9.98 Å². The molecule has 1 unspecified atom stereocenters. The van der Waals surface area contributed by atoms with E-state index in [1.807, 2.05) is 0 Å². The van der Waals surface area contributed by atoms with Crippen LogP contribution in [0, 0.1) is 5.41 Å². The molecule has 2 heteroatoms. The van der Waals surface area contributed by atoms with E-state index in [0.717, 1.165) is 11.3 Å². The molecule has 0 aliphatic heterocycles. The van der Waals surface area contributed by atoms with E-state index >= 15 is 0 Å². The van der Waals surface area contributed by atoms with Gasteiger partial charge in [0, 0.05) is 5.56 Å². The highest BCUT2D eigenvalue weighted by Crippen LogP contribution is 2.43. The van der Waals surface area contributed by atoms with Crippen molar-refractivity contribution in [1.82, 2.24) is 0 Å². The fraction of sp³-hybridized carbons (Fsp3) is 0.529. The minimum atomic E-state index is 0.0116. The van der Waals surface area contributed by atoms with E-state index in [0.29, 0.717) is 0 Å². The quantitative estimate of drug-likeness (QED) is 0.673. The molecule has 2 nitrogen and oxygen atoms in total. The van der Waals surface area contributed by atoms with Crippen molar-refractivity contribution in [2.24, 2.45) is 15.4 Å². The zero-order valence-electron chi connectivity index (χ0n) is 13.1. The van der Waals surface area contributed by atoms with E-state index < -0.39 is 0 Å². The van der Waals surface area contributed by atoms with E-state index in [1.54, 1.807) is 0 Å². The molecular weight excluding hydrogens is 232 g/mol. The molecule has 1 aromatic rings. The first-order valence-electron chi connectivity index (χ1n) is 6.69. The van der Waals surface area contributed by atoms with Crippen LogP contribution in [-0.4, -0.2) is 13.4 Å². The summed E-state index contributed by atoms with van der Waals surface area (Å²) in [5.41, 5.74) is 3.33. The van der Waals surface area contributed by atoms with Gasteiger partial charge in [-0.1, -0.05) is 59.7 Å². The molecule has 0 aromatic heterocycles. The minimum Gasteiger partial charge on any atom is -0.292 e. The smallest absolute Gasteiger partial charge is 0.0810 e. The summed E-state index contributed by atoms with van der Waals surface area (Å²) in [6.07, 6.45) is 0. The van der Waals surface area contributed by atoms with Gasteiger partial charge in [-0.15, -0.1) is 0 Å². The second kappa shape index (κ2) is 5.28. The third-order valence-corrected chi connectivity index (χ3v) is 3.33. The van der Waals surface area contributed by atoms with Gasteiger partial charge in [-0.2, -0.15) is 0 Å². The average Bonchev–Trinajstić information content (AvgIpc) is 2.26. The standard InChI is InChI=1S/C17H26N2/c1-16(2,3)13-11-9-10-12(14(13)18-7)15(19-8)17(4,5)6/h9-11,15H,7-8H2,1-6H3. The van der Waals surface area contributed by atoms with Crippen LogP contribution >= 0.6 is 0 Å². The molecule has 1 rings (SSSR count). The van der Waals surface area contributed by atoms with Crippen molar-refractivity contribution in [1.29, 1.82) is 0 Å². The van der Waals surface area contributed by atoms with Crippen LogP contribution in [0.15, 0.2) is 28.2 Å². The highest BCUT2D eigenvalue weighted by atomic mass is 14.8. The summed E-state index contributed by atoms with van der Waals surface area (Å²) in [5, 5.41) is 0. The van der Waals surface area contributed by atoms with Crippen molar-refractivity contribution in [3.8, 4) is 0 Å². The van der Waals surface area contributed by atoms with Gasteiger partial charge in [0.25, 0.3) is 0 Å². The molecule has 0 fully saturated rings. The van der Waals surface area contributed by atoms with Crippen molar-refractivity contribution in [3.05, 3.63) is 29.3 Å². The molecule has 0 N–H and O–H groups in total. The van der Waals surface area contributed by atoms with E-state index in [2.05, 4.69) is 83.2 Å². The number of aliphatic imine (C=N–C) groups is 2. The molecule has 0 spiro atoms. The summed E-state index contributed by atoms with van der Waals surface area (Å²) in [6, 6.07) is 6.31. The Labute approximate surface area is 117 Å². The van der Waals surface area contributed by atoms with Crippen LogP contribution in [0.2, 0.25) is 0 Å². The molecule has 0 radical (unpaired) electrons. The molecule has 0 bridgehead atoms. The van der Waals surface area contributed by atoms with Crippen LogP contribution in [0.1, 0.15) is 58.7 Å². The van der Waals surface area contributed by atoms with Crippen molar-refractivity contribution in [2.45, 2.75) is 53.0 Å². The lowest BCUT2D eigenvalue weighted by Crippen LogP contribution is -2.18. The number of rotatable bonds is 3. The first-order chi connectivity index (χ1) is 8.62. The Bertz CT molecular complexity index is 473. The Morgan fingerprint density at radius 3 is 1.95 bits per heavy atom. The van der Waals surface area contributed by atoms with Gasteiger partial charge in [0.05, 0.1) is 11.7 Å². The molecule has 1 atom stereocenters. The highest BCUT2D eigenvalue weighted by Gasteiger charge is 2.29. The molecule has 1 aromatic carbocycles. The lowest BCUT2D eigenvalue weighted by molar-refractivity contribution is 0.330. The molecule has 19 heavy (non-hydrogen) atoms. The van der Waals surface area contributed by atoms with Crippen LogP contribution in [0.5, 0.6) is 0 Å². The second-order valence-corrected chi connectivity index (χ2v) is 7.10. The van der Waals surface area contributed by atoms with Crippen LogP contribution in [0.4, 0.5) is 5.69 Å². The number of hydrogen-bond acceptors (Lipinski definition) is 2. The van der Waals surface area contributed by atoms with Crippen LogP contribution in [0.3, 0.4) is 0 Å². The summed E-state index contributed by atoms with van der Waals surface area (Å²) in [6.45, 7) is 20.6. The molecule has 104 valence electrons. The Morgan fingerprint density at radius 2 is 1.58 bits per heavy atom. The van der Waals surface area contributed by atoms with E-state index in [-0.39, 0.29) is 16.9 Å². The van der Waals surface area contributed by atoms with Gasteiger partial charge >= 0.3 is 0 Å². The van der Waals surface area contributed by atoms with Crippen LogP contribution in [-0.2, 0) is 5.41 Å². The van der Waals surface area contributed by atoms with Gasteiger partial charge in [0.1, 0.15) is 0 Å². The summed E-state index contributed by atoms with van der Waals surface area (Å²) in [4.78, 5) is 8.61. The summed E-state index contributed by atoms with van der Waals surface area (Å²) in [7, 11) is 0. The second-order valence-electron chi connectivity index (χ2n) is 7.10. The zero-order chi connectivity index (χ0) is 14.8. The SMILES string of the molecule is C=Nc1c(C(N=C)C(C)(C)C)cccc1C(C)(C)C. The molecular formula is C17H26N2. The predicted octanol–water partition coefficient (Wildman–Crippen LogP) is 5.10. The summed E-state index contributed by atoms with van der Waals surface area (Å²) >= 11 is 0. The minimum absolute atomic E-state index is 0.0116. The monoisotopic (exact) mass is 258 g/mol. The van der Waals surface area contributed by atoms with Gasteiger partial charge in [0.15, 0.2) is 0 Å². The molecule has 0 aliphatic rings. The van der Waals surface area contributed by atoms with Crippen molar-refractivity contribution >= 4 is 19.1 Å². The van der Waals surface area contributed by atoms with E-state index in [9.17, 15) is 0 Å². The van der Waals surface area contributed by atoms with Gasteiger partial charge < -0.3 is 0 Å². The Hall–Kier alpha value is -1.44. The number of para-hydroxylation sites is 1. The molecule has 0 amide bonds. The molecule has 0 aliphatic carbocycles. The fourth-order valence-electron chi connectivity index (χ4n) is 2.40. The van der Waals surface area contributed by atoms with E-state index in [4.69, 9.17) is 0 Å². The first kappa shape index (κ1) is 15.6. The normalized spacial score (nSPS) is 14.0. The Balaban J connectivity index is 3.53. The van der Waals surface area contributed by atoms with Gasteiger partial charge in [0.2, 0.25) is 0 Å². The maximum Gasteiger partial charge on any atom is 0.0810 e. The topological polar surface area (TPSA) is 24.7 Å². The summed E-state index contributed by atoms with van der Waals surface area (Å²) < 4.78 is 0. The number of hydrogen-bond donors (Lipinski definition) is 0. The van der Waals surface area contributed by atoms with Crippen LogP contribution < -0.4 is 0 Å². The van der Waals surface area contributed by atoms with Crippen molar-refractivity contribution in [2.75, 3.05) is 0 Å². The zero-order valence-corrected chi connectivity index (χ0v) is 13.1. The lowest BCUT2D eigenvalue weighted by atomic mass is 9.78. The first-order valence-corrected chi connectivity index (χ1v) is 6.69. The Morgan fingerprint density at radius 1 is 1.00 bits per heavy atom. The molecule has 0 heterocycles. The highest BCUT2D eigenvalue weighted by molar-refractivity contribution is 5.61. The maximum absolute atomic E-state index is 4.32. The lowest BCUT2D eigenvalue weighted by Gasteiger charge is -2.30.